The lowest BCUT2D eigenvalue weighted by Gasteiger charge is -1.97. The van der Waals surface area contributed by atoms with E-state index < -0.39 is 0 Å². The average Bonchev–Trinajstić information content (AvgIpc) is 2.88. The molecule has 0 unspecified atom stereocenters. The molecule has 0 fully saturated rings. The van der Waals surface area contributed by atoms with E-state index in [1.165, 1.54) is 0 Å². The van der Waals surface area contributed by atoms with E-state index in [-0.39, 0.29) is 11.5 Å². The molecular formula is C14H9BrO2S. The van der Waals surface area contributed by atoms with E-state index in [1.807, 2.05) is 17.5 Å². The number of phenolic OH excluding ortho intramolecular Hbond substituents is 1. The lowest BCUT2D eigenvalue weighted by molar-refractivity contribution is 0.104. The summed E-state index contributed by atoms with van der Waals surface area (Å²) in [6, 6.07) is 7.07. The Morgan fingerprint density at radius 1 is 1.39 bits per heavy atom. The highest BCUT2D eigenvalue weighted by molar-refractivity contribution is 9.10. The van der Waals surface area contributed by atoms with Gasteiger partial charge < -0.3 is 5.11 Å². The summed E-state index contributed by atoms with van der Waals surface area (Å²) < 4.78 is 1.02. The second-order valence-corrected chi connectivity index (χ2v) is 6.00. The van der Waals surface area contributed by atoms with Gasteiger partial charge in [-0.25, -0.2) is 0 Å². The van der Waals surface area contributed by atoms with Gasteiger partial charge >= 0.3 is 0 Å². The molecule has 1 aromatic carbocycles. The zero-order valence-electron chi connectivity index (χ0n) is 9.31. The average molecular weight is 321 g/mol. The largest absolute Gasteiger partial charge is 0.508 e. The van der Waals surface area contributed by atoms with Gasteiger partial charge in [-0.1, -0.05) is 12.1 Å². The van der Waals surface area contributed by atoms with Crippen LogP contribution in [0, 0.1) is 0 Å². The number of halogens is 1. The number of rotatable bonds is 1. The van der Waals surface area contributed by atoms with E-state index in [4.69, 9.17) is 0 Å². The minimum atomic E-state index is 0.0189. The second-order valence-electron chi connectivity index (χ2n) is 4.15. The molecule has 4 heteroatoms. The van der Waals surface area contributed by atoms with E-state index >= 15 is 0 Å². The van der Waals surface area contributed by atoms with E-state index in [2.05, 4.69) is 15.9 Å². The Morgan fingerprint density at radius 3 is 2.89 bits per heavy atom. The maximum Gasteiger partial charge on any atom is 0.189 e. The van der Waals surface area contributed by atoms with Crippen LogP contribution >= 0.6 is 27.3 Å². The van der Waals surface area contributed by atoms with Crippen molar-refractivity contribution in [3.8, 4) is 5.75 Å². The molecular weight excluding hydrogens is 312 g/mol. The van der Waals surface area contributed by atoms with Crippen LogP contribution in [0.5, 0.6) is 5.75 Å². The van der Waals surface area contributed by atoms with E-state index in [0.717, 1.165) is 20.5 Å². The molecule has 0 saturated heterocycles. The molecule has 0 spiro atoms. The first-order valence-electron chi connectivity index (χ1n) is 5.45. The zero-order valence-corrected chi connectivity index (χ0v) is 11.7. The molecule has 0 atom stereocenters. The van der Waals surface area contributed by atoms with Gasteiger partial charge in [0.25, 0.3) is 0 Å². The molecule has 0 bridgehead atoms. The fourth-order valence-electron chi connectivity index (χ4n) is 2.11. The second kappa shape index (κ2) is 4.37. The molecule has 0 radical (unpaired) electrons. The van der Waals surface area contributed by atoms with E-state index in [0.29, 0.717) is 12.0 Å². The summed E-state index contributed by atoms with van der Waals surface area (Å²) in [6.07, 6.45) is 2.41. The van der Waals surface area contributed by atoms with Gasteiger partial charge in [0.2, 0.25) is 0 Å². The molecule has 1 aliphatic carbocycles. The molecule has 2 nitrogen and oxygen atoms in total. The molecule has 1 heterocycles. The van der Waals surface area contributed by atoms with Gasteiger partial charge in [0.1, 0.15) is 5.75 Å². The van der Waals surface area contributed by atoms with Crippen molar-refractivity contribution < 1.29 is 9.90 Å². The number of hydrogen-bond donors (Lipinski definition) is 1. The maximum absolute atomic E-state index is 12.2. The van der Waals surface area contributed by atoms with Crippen molar-refractivity contribution in [1.29, 1.82) is 0 Å². The van der Waals surface area contributed by atoms with Gasteiger partial charge in [0.15, 0.2) is 5.78 Å². The van der Waals surface area contributed by atoms with Crippen molar-refractivity contribution >= 4 is 39.1 Å². The van der Waals surface area contributed by atoms with Crippen molar-refractivity contribution in [1.82, 2.24) is 0 Å². The van der Waals surface area contributed by atoms with Crippen molar-refractivity contribution in [3.63, 3.8) is 0 Å². The third-order valence-corrected chi connectivity index (χ3v) is 4.60. The highest BCUT2D eigenvalue weighted by Crippen LogP contribution is 2.34. The van der Waals surface area contributed by atoms with Crippen LogP contribution in [-0.2, 0) is 6.42 Å². The smallest absolute Gasteiger partial charge is 0.189 e. The molecule has 1 N–H and O–H groups in total. The number of allylic oxidation sites excluding steroid dienone is 1. The van der Waals surface area contributed by atoms with Gasteiger partial charge in [0, 0.05) is 37.9 Å². The Morgan fingerprint density at radius 2 is 2.22 bits per heavy atom. The Labute approximate surface area is 117 Å². The van der Waals surface area contributed by atoms with Gasteiger partial charge in [-0.15, -0.1) is 11.3 Å². The summed E-state index contributed by atoms with van der Waals surface area (Å²) in [7, 11) is 0. The fourth-order valence-corrected chi connectivity index (χ4v) is 3.51. The van der Waals surface area contributed by atoms with Crippen LogP contribution in [0.25, 0.3) is 6.08 Å². The number of thiophene rings is 1. The van der Waals surface area contributed by atoms with E-state index in [1.54, 1.807) is 29.5 Å². The predicted octanol–water partition coefficient (Wildman–Crippen LogP) is 4.04. The number of carbonyl (C=O) groups is 1. The Bertz CT molecular complexity index is 670. The van der Waals surface area contributed by atoms with Gasteiger partial charge in [-0.05, 0) is 34.1 Å². The first-order valence-corrected chi connectivity index (χ1v) is 7.12. The minimum absolute atomic E-state index is 0.0189. The van der Waals surface area contributed by atoms with Crippen LogP contribution in [-0.4, -0.2) is 10.9 Å². The van der Waals surface area contributed by atoms with Crippen LogP contribution in [0.3, 0.4) is 0 Å². The number of aromatic hydroxyl groups is 1. The molecule has 1 aromatic heterocycles. The highest BCUT2D eigenvalue weighted by atomic mass is 79.9. The summed E-state index contributed by atoms with van der Waals surface area (Å²) >= 11 is 4.98. The van der Waals surface area contributed by atoms with Gasteiger partial charge in [-0.3, -0.25) is 4.79 Å². The Balaban J connectivity index is 2.02. The number of fused-ring (bicyclic) bond motifs is 1. The lowest BCUT2D eigenvalue weighted by atomic mass is 10.1. The summed E-state index contributed by atoms with van der Waals surface area (Å²) in [5.41, 5.74) is 2.10. The number of Topliss-reactive ketones (excluding diaryl/α,β-unsaturated/α-hetero) is 1. The standard InChI is InChI=1S/C14H9BrO2S/c15-9-6-10(18-7-9)4-8-5-12-11(14(8)17)2-1-3-13(12)16/h1-4,6-7,16H,5H2/b8-4+. The number of phenols is 1. The molecule has 0 aliphatic heterocycles. The summed E-state index contributed by atoms with van der Waals surface area (Å²) in [4.78, 5) is 13.2. The van der Waals surface area contributed by atoms with Crippen LogP contribution in [0.1, 0.15) is 20.8 Å². The normalized spacial score (nSPS) is 16.3. The zero-order chi connectivity index (χ0) is 12.7. The number of ketones is 1. The maximum atomic E-state index is 12.2. The number of carbonyl (C=O) groups excluding carboxylic acids is 1. The molecule has 18 heavy (non-hydrogen) atoms. The first kappa shape index (κ1) is 11.7. The van der Waals surface area contributed by atoms with E-state index in [9.17, 15) is 9.90 Å². The topological polar surface area (TPSA) is 37.3 Å². The quantitative estimate of drug-likeness (QED) is 0.805. The molecule has 1 aliphatic rings. The summed E-state index contributed by atoms with van der Waals surface area (Å²) in [5, 5.41) is 11.7. The molecule has 2 aromatic rings. The number of benzene rings is 1. The van der Waals surface area contributed by atoms with Crippen molar-refractivity contribution in [2.45, 2.75) is 6.42 Å². The predicted molar refractivity (Wildman–Crippen MR) is 76.1 cm³/mol. The summed E-state index contributed by atoms with van der Waals surface area (Å²) in [5.74, 6) is 0.224. The number of hydrogen-bond acceptors (Lipinski definition) is 3. The first-order chi connectivity index (χ1) is 8.65. The SMILES string of the molecule is O=C1/C(=C/c2cc(Br)cs2)Cc2c(O)cccc21. The Hall–Kier alpha value is -1.39. The highest BCUT2D eigenvalue weighted by Gasteiger charge is 2.26. The van der Waals surface area contributed by atoms with Crippen LogP contribution in [0.15, 0.2) is 39.7 Å². The third-order valence-electron chi connectivity index (χ3n) is 2.96. The van der Waals surface area contributed by atoms with Gasteiger partial charge in [-0.2, -0.15) is 0 Å². The van der Waals surface area contributed by atoms with Crippen LogP contribution in [0.4, 0.5) is 0 Å². The molecule has 0 amide bonds. The molecule has 3 rings (SSSR count). The lowest BCUT2D eigenvalue weighted by Crippen LogP contribution is -1.94. The minimum Gasteiger partial charge on any atom is -0.508 e. The Kier molecular flexibility index (Phi) is 2.84. The third kappa shape index (κ3) is 1.91. The fraction of sp³-hybridized carbons (Fsp3) is 0.0714. The van der Waals surface area contributed by atoms with Crippen molar-refractivity contribution in [2.24, 2.45) is 0 Å². The molecule has 90 valence electrons. The van der Waals surface area contributed by atoms with Gasteiger partial charge in [0.05, 0.1) is 0 Å². The van der Waals surface area contributed by atoms with Crippen LogP contribution < -0.4 is 0 Å². The van der Waals surface area contributed by atoms with Crippen molar-refractivity contribution in [2.75, 3.05) is 0 Å². The van der Waals surface area contributed by atoms with Crippen molar-refractivity contribution in [3.05, 3.63) is 55.7 Å². The monoisotopic (exact) mass is 320 g/mol. The molecule has 0 saturated carbocycles. The summed E-state index contributed by atoms with van der Waals surface area (Å²) in [6.45, 7) is 0. The van der Waals surface area contributed by atoms with Crippen LogP contribution in [0.2, 0.25) is 0 Å².